The van der Waals surface area contributed by atoms with E-state index >= 15 is 0 Å². The van der Waals surface area contributed by atoms with Crippen molar-refractivity contribution in [3.05, 3.63) is 4.88 Å². The molecule has 0 aliphatic heterocycles. The van der Waals surface area contributed by atoms with Gasteiger partial charge in [0, 0.05) is 33.3 Å². The van der Waals surface area contributed by atoms with E-state index in [9.17, 15) is 4.79 Å². The summed E-state index contributed by atoms with van der Waals surface area (Å²) >= 11 is 1.36. The van der Waals surface area contributed by atoms with E-state index < -0.39 is 0 Å². The molecule has 0 aromatic carbocycles. The second-order valence-electron chi connectivity index (χ2n) is 4.89. The monoisotopic (exact) mass is 314 g/mol. The molecule has 0 atom stereocenters. The molecule has 1 heterocycles. The Bertz CT molecular complexity index is 446. The highest BCUT2D eigenvalue weighted by atomic mass is 32.1. The number of nitrogen functional groups attached to an aromatic ring is 1. The zero-order valence-electron chi connectivity index (χ0n) is 13.1. The number of aliphatic hydroxyl groups excluding tert-OH is 1. The molecule has 1 aromatic heterocycles. The molecule has 120 valence electrons. The summed E-state index contributed by atoms with van der Waals surface area (Å²) in [6.07, 6.45) is 2.57. The molecule has 0 saturated heterocycles. The van der Waals surface area contributed by atoms with Crippen LogP contribution in [-0.4, -0.2) is 54.2 Å². The van der Waals surface area contributed by atoms with Crippen molar-refractivity contribution in [1.29, 1.82) is 0 Å². The fourth-order valence-corrected chi connectivity index (χ4v) is 3.12. The van der Waals surface area contributed by atoms with Crippen LogP contribution in [0.4, 0.5) is 10.9 Å². The molecular formula is C14H26N4O2S. The van der Waals surface area contributed by atoms with Crippen LogP contribution >= 0.6 is 11.3 Å². The number of aliphatic hydroxyl groups is 1. The first-order chi connectivity index (χ1) is 10.0. The average Bonchev–Trinajstić information content (AvgIpc) is 2.85. The van der Waals surface area contributed by atoms with Gasteiger partial charge in [-0.2, -0.15) is 0 Å². The SMILES string of the molecule is CCN(CC)c1nc(N)c(C(=O)N(C)CCCCCO)s1. The third-order valence-corrected chi connectivity index (χ3v) is 4.49. The van der Waals surface area contributed by atoms with Crippen LogP contribution in [0, 0.1) is 0 Å². The molecule has 0 fully saturated rings. The van der Waals surface area contributed by atoms with E-state index in [1.165, 1.54) is 11.3 Å². The molecule has 3 N–H and O–H groups in total. The number of thiazole rings is 1. The van der Waals surface area contributed by atoms with Crippen molar-refractivity contribution in [1.82, 2.24) is 9.88 Å². The summed E-state index contributed by atoms with van der Waals surface area (Å²) in [4.78, 5) is 21.0. The molecule has 1 aromatic rings. The number of unbranched alkanes of at least 4 members (excludes halogenated alkanes) is 2. The number of nitrogens with two attached hydrogens (primary N) is 1. The van der Waals surface area contributed by atoms with Crippen LogP contribution in [0.1, 0.15) is 42.8 Å². The Balaban J connectivity index is 2.69. The Labute approximate surface area is 130 Å². The first-order valence-electron chi connectivity index (χ1n) is 7.42. The van der Waals surface area contributed by atoms with E-state index in [4.69, 9.17) is 10.8 Å². The summed E-state index contributed by atoms with van der Waals surface area (Å²) in [7, 11) is 1.78. The molecule has 7 heteroatoms. The summed E-state index contributed by atoms with van der Waals surface area (Å²) in [5.74, 6) is 0.238. The number of anilines is 2. The standard InChI is InChI=1S/C14H26N4O2S/c1-4-18(5-2)14-16-12(15)11(21-14)13(20)17(3)9-7-6-8-10-19/h19H,4-10,15H2,1-3H3. The molecule has 0 saturated carbocycles. The molecule has 0 bridgehead atoms. The lowest BCUT2D eigenvalue weighted by atomic mass is 10.2. The van der Waals surface area contributed by atoms with E-state index in [-0.39, 0.29) is 12.5 Å². The van der Waals surface area contributed by atoms with Gasteiger partial charge in [-0.15, -0.1) is 0 Å². The van der Waals surface area contributed by atoms with E-state index in [1.54, 1.807) is 11.9 Å². The molecule has 21 heavy (non-hydrogen) atoms. The second-order valence-corrected chi connectivity index (χ2v) is 5.87. The maximum absolute atomic E-state index is 12.4. The predicted molar refractivity (Wildman–Crippen MR) is 88.0 cm³/mol. The molecule has 0 spiro atoms. The van der Waals surface area contributed by atoms with Crippen LogP contribution in [0.3, 0.4) is 0 Å². The molecule has 0 aliphatic carbocycles. The number of carbonyl (C=O) groups is 1. The molecule has 0 radical (unpaired) electrons. The molecule has 1 amide bonds. The molecular weight excluding hydrogens is 288 g/mol. The van der Waals surface area contributed by atoms with Gasteiger partial charge in [-0.25, -0.2) is 4.98 Å². The molecule has 1 rings (SSSR count). The number of nitrogens with zero attached hydrogens (tertiary/aromatic N) is 3. The summed E-state index contributed by atoms with van der Waals surface area (Å²) in [6.45, 7) is 6.65. The third kappa shape index (κ3) is 4.86. The van der Waals surface area contributed by atoms with Crippen LogP contribution in [0.15, 0.2) is 0 Å². The van der Waals surface area contributed by atoms with Gasteiger partial charge < -0.3 is 20.6 Å². The molecule has 0 aliphatic rings. The van der Waals surface area contributed by atoms with Gasteiger partial charge in [-0.3, -0.25) is 4.79 Å². The van der Waals surface area contributed by atoms with Crippen LogP contribution in [-0.2, 0) is 0 Å². The van der Waals surface area contributed by atoms with Crippen molar-refractivity contribution < 1.29 is 9.90 Å². The minimum absolute atomic E-state index is 0.0765. The van der Waals surface area contributed by atoms with E-state index in [0.29, 0.717) is 17.2 Å². The number of aromatic nitrogens is 1. The van der Waals surface area contributed by atoms with Gasteiger partial charge in [0.15, 0.2) is 5.13 Å². The van der Waals surface area contributed by atoms with E-state index in [0.717, 1.165) is 37.5 Å². The maximum Gasteiger partial charge on any atom is 0.267 e. The minimum Gasteiger partial charge on any atom is -0.396 e. The second kappa shape index (κ2) is 8.84. The first-order valence-corrected chi connectivity index (χ1v) is 8.24. The first kappa shape index (κ1) is 17.7. The summed E-state index contributed by atoms with van der Waals surface area (Å²) in [5.41, 5.74) is 5.90. The van der Waals surface area contributed by atoms with Gasteiger partial charge >= 0.3 is 0 Å². The minimum atomic E-state index is -0.0765. The van der Waals surface area contributed by atoms with Crippen LogP contribution < -0.4 is 10.6 Å². The van der Waals surface area contributed by atoms with Crippen molar-refractivity contribution in [2.45, 2.75) is 33.1 Å². The quantitative estimate of drug-likeness (QED) is 0.679. The maximum atomic E-state index is 12.4. The highest BCUT2D eigenvalue weighted by molar-refractivity contribution is 7.18. The average molecular weight is 314 g/mol. The van der Waals surface area contributed by atoms with E-state index in [2.05, 4.69) is 23.7 Å². The largest absolute Gasteiger partial charge is 0.396 e. The fourth-order valence-electron chi connectivity index (χ4n) is 2.02. The van der Waals surface area contributed by atoms with Gasteiger partial charge in [0.2, 0.25) is 0 Å². The fraction of sp³-hybridized carbons (Fsp3) is 0.714. The Kier molecular flexibility index (Phi) is 7.45. The number of amides is 1. The highest BCUT2D eigenvalue weighted by Crippen LogP contribution is 2.28. The topological polar surface area (TPSA) is 82.7 Å². The zero-order chi connectivity index (χ0) is 15.8. The summed E-state index contributed by atoms with van der Waals surface area (Å²) in [6, 6.07) is 0. The Morgan fingerprint density at radius 2 is 1.95 bits per heavy atom. The Hall–Kier alpha value is -1.34. The number of hydrogen-bond acceptors (Lipinski definition) is 6. The van der Waals surface area contributed by atoms with Crippen molar-refractivity contribution in [2.75, 3.05) is 43.9 Å². The zero-order valence-corrected chi connectivity index (χ0v) is 13.9. The van der Waals surface area contributed by atoms with E-state index in [1.807, 2.05) is 0 Å². The van der Waals surface area contributed by atoms with Gasteiger partial charge in [0.05, 0.1) is 0 Å². The lowest BCUT2D eigenvalue weighted by molar-refractivity contribution is 0.0797. The van der Waals surface area contributed by atoms with Crippen molar-refractivity contribution in [2.24, 2.45) is 0 Å². The van der Waals surface area contributed by atoms with Crippen molar-refractivity contribution in [3.63, 3.8) is 0 Å². The Morgan fingerprint density at radius 3 is 2.52 bits per heavy atom. The van der Waals surface area contributed by atoms with Crippen molar-refractivity contribution >= 4 is 28.2 Å². The number of carbonyl (C=O) groups excluding carboxylic acids is 1. The lowest BCUT2D eigenvalue weighted by Crippen LogP contribution is -2.27. The number of hydrogen-bond donors (Lipinski definition) is 2. The van der Waals surface area contributed by atoms with Crippen LogP contribution in [0.2, 0.25) is 0 Å². The Morgan fingerprint density at radius 1 is 1.29 bits per heavy atom. The summed E-state index contributed by atoms with van der Waals surface area (Å²) in [5, 5.41) is 9.55. The predicted octanol–water partition coefficient (Wildman–Crippen LogP) is 1.81. The van der Waals surface area contributed by atoms with Gasteiger partial charge in [-0.05, 0) is 33.1 Å². The van der Waals surface area contributed by atoms with Gasteiger partial charge in [0.25, 0.3) is 5.91 Å². The number of rotatable bonds is 9. The molecule has 6 nitrogen and oxygen atoms in total. The normalized spacial score (nSPS) is 10.7. The van der Waals surface area contributed by atoms with Crippen molar-refractivity contribution in [3.8, 4) is 0 Å². The lowest BCUT2D eigenvalue weighted by Gasteiger charge is -2.17. The third-order valence-electron chi connectivity index (χ3n) is 3.37. The van der Waals surface area contributed by atoms with Gasteiger partial charge in [0.1, 0.15) is 10.7 Å². The van der Waals surface area contributed by atoms with Crippen LogP contribution in [0.25, 0.3) is 0 Å². The summed E-state index contributed by atoms with van der Waals surface area (Å²) < 4.78 is 0. The van der Waals surface area contributed by atoms with Crippen LogP contribution in [0.5, 0.6) is 0 Å². The smallest absolute Gasteiger partial charge is 0.267 e. The van der Waals surface area contributed by atoms with Gasteiger partial charge in [-0.1, -0.05) is 11.3 Å². The highest BCUT2D eigenvalue weighted by Gasteiger charge is 2.21. The molecule has 0 unspecified atom stereocenters.